The van der Waals surface area contributed by atoms with Gasteiger partial charge in [-0.1, -0.05) is 30.3 Å². The summed E-state index contributed by atoms with van der Waals surface area (Å²) >= 11 is 0. The van der Waals surface area contributed by atoms with E-state index in [-0.39, 0.29) is 5.82 Å². The highest BCUT2D eigenvalue weighted by atomic mass is 19.1. The Bertz CT molecular complexity index is 838. The number of halogens is 1. The van der Waals surface area contributed by atoms with Crippen LogP contribution >= 0.6 is 0 Å². The van der Waals surface area contributed by atoms with Gasteiger partial charge >= 0.3 is 0 Å². The predicted octanol–water partition coefficient (Wildman–Crippen LogP) is 3.52. The molecule has 1 heterocycles. The maximum atomic E-state index is 13.4. The molecule has 0 spiro atoms. The van der Waals surface area contributed by atoms with Crippen molar-refractivity contribution < 1.29 is 4.39 Å². The van der Waals surface area contributed by atoms with Crippen LogP contribution in [0.2, 0.25) is 0 Å². The van der Waals surface area contributed by atoms with E-state index >= 15 is 0 Å². The normalized spacial score (nSPS) is 20.7. The zero-order valence-corrected chi connectivity index (χ0v) is 11.5. The fraction of sp³-hybridized carbons (Fsp3) is 0.167. The molecule has 2 nitrogen and oxygen atoms in total. The number of hydrogen-bond acceptors (Lipinski definition) is 2. The summed E-state index contributed by atoms with van der Waals surface area (Å²) in [5.74, 6) is -0.200. The Kier molecular flexibility index (Phi) is 2.59. The van der Waals surface area contributed by atoms with Gasteiger partial charge in [0.25, 0.3) is 0 Å². The van der Waals surface area contributed by atoms with E-state index in [0.29, 0.717) is 0 Å². The first-order valence-electron chi connectivity index (χ1n) is 7.09. The summed E-state index contributed by atoms with van der Waals surface area (Å²) in [4.78, 5) is 4.34. The third kappa shape index (κ3) is 1.78. The Morgan fingerprint density at radius 1 is 1.05 bits per heavy atom. The minimum Gasteiger partial charge on any atom is -0.318 e. The molecule has 2 aromatic carbocycles. The quantitative estimate of drug-likeness (QED) is 0.739. The molecule has 1 atom stereocenters. The second kappa shape index (κ2) is 4.37. The molecule has 3 aromatic rings. The van der Waals surface area contributed by atoms with Gasteiger partial charge in [0.15, 0.2) is 0 Å². The summed E-state index contributed by atoms with van der Waals surface area (Å²) in [6.07, 6.45) is 5.28. The number of nitrogens with zero attached hydrogens (tertiary/aromatic N) is 1. The second-order valence-corrected chi connectivity index (χ2v) is 5.68. The molecule has 0 saturated carbocycles. The molecule has 0 saturated heterocycles. The van der Waals surface area contributed by atoms with Crippen LogP contribution in [-0.4, -0.2) is 4.98 Å². The van der Waals surface area contributed by atoms with Crippen molar-refractivity contribution in [2.45, 2.75) is 18.4 Å². The van der Waals surface area contributed by atoms with Crippen LogP contribution in [0.5, 0.6) is 0 Å². The number of nitrogens with two attached hydrogens (primary N) is 1. The van der Waals surface area contributed by atoms with Gasteiger partial charge < -0.3 is 5.73 Å². The monoisotopic (exact) mass is 278 g/mol. The summed E-state index contributed by atoms with van der Waals surface area (Å²) in [5.41, 5.74) is 9.20. The lowest BCUT2D eigenvalue weighted by molar-refractivity contribution is 0.537. The first kappa shape index (κ1) is 12.5. The van der Waals surface area contributed by atoms with Gasteiger partial charge in [-0.15, -0.1) is 0 Å². The van der Waals surface area contributed by atoms with Gasteiger partial charge in [-0.3, -0.25) is 4.98 Å². The highest BCUT2D eigenvalue weighted by Crippen LogP contribution is 2.42. The van der Waals surface area contributed by atoms with Crippen molar-refractivity contribution in [3.05, 3.63) is 77.4 Å². The lowest BCUT2D eigenvalue weighted by Crippen LogP contribution is -2.35. The Morgan fingerprint density at radius 2 is 1.90 bits per heavy atom. The van der Waals surface area contributed by atoms with Gasteiger partial charge in [0, 0.05) is 23.3 Å². The van der Waals surface area contributed by atoms with Gasteiger partial charge in [0.2, 0.25) is 0 Å². The zero-order chi connectivity index (χ0) is 14.4. The lowest BCUT2D eigenvalue weighted by atomic mass is 9.83. The lowest BCUT2D eigenvalue weighted by Gasteiger charge is -2.27. The average Bonchev–Trinajstić information content (AvgIpc) is 2.84. The van der Waals surface area contributed by atoms with E-state index in [1.807, 2.05) is 36.7 Å². The molecule has 1 unspecified atom stereocenters. The molecule has 21 heavy (non-hydrogen) atoms. The van der Waals surface area contributed by atoms with Gasteiger partial charge in [-0.05, 0) is 41.5 Å². The Labute approximate surface area is 122 Å². The van der Waals surface area contributed by atoms with E-state index in [4.69, 9.17) is 5.73 Å². The van der Waals surface area contributed by atoms with Crippen LogP contribution in [0.3, 0.4) is 0 Å². The summed E-state index contributed by atoms with van der Waals surface area (Å²) in [6.45, 7) is 0. The van der Waals surface area contributed by atoms with Gasteiger partial charge in [-0.25, -0.2) is 4.39 Å². The van der Waals surface area contributed by atoms with Gasteiger partial charge in [0.1, 0.15) is 5.82 Å². The molecular formula is C18H15FN2. The summed E-state index contributed by atoms with van der Waals surface area (Å²) in [7, 11) is 0. The molecule has 1 aromatic heterocycles. The highest BCUT2D eigenvalue weighted by molar-refractivity contribution is 5.86. The van der Waals surface area contributed by atoms with Crippen molar-refractivity contribution in [1.82, 2.24) is 4.98 Å². The maximum Gasteiger partial charge on any atom is 0.123 e. The molecule has 0 bridgehead atoms. The van der Waals surface area contributed by atoms with Crippen LogP contribution in [0.15, 0.2) is 54.9 Å². The standard InChI is InChI=1S/C18H15FN2/c19-14-5-6-16-12(9-14)7-8-18(16,20)17-11-21-10-13-3-1-2-4-15(13)17/h1-6,9-11H,7-8,20H2. The number of aryl methyl sites for hydroxylation is 1. The summed E-state index contributed by atoms with van der Waals surface area (Å²) in [6, 6.07) is 13.0. The molecule has 3 heteroatoms. The first-order chi connectivity index (χ1) is 10.2. The van der Waals surface area contributed by atoms with Crippen molar-refractivity contribution in [2.75, 3.05) is 0 Å². The zero-order valence-electron chi connectivity index (χ0n) is 11.5. The third-order valence-electron chi connectivity index (χ3n) is 4.49. The van der Waals surface area contributed by atoms with E-state index in [0.717, 1.165) is 40.3 Å². The largest absolute Gasteiger partial charge is 0.318 e. The van der Waals surface area contributed by atoms with Crippen LogP contribution < -0.4 is 5.73 Å². The van der Waals surface area contributed by atoms with Gasteiger partial charge in [0.05, 0.1) is 5.54 Å². The molecule has 0 fully saturated rings. The predicted molar refractivity (Wildman–Crippen MR) is 81.4 cm³/mol. The van der Waals surface area contributed by atoms with Crippen molar-refractivity contribution in [3.8, 4) is 0 Å². The Morgan fingerprint density at radius 3 is 2.81 bits per heavy atom. The number of benzene rings is 2. The molecule has 0 aliphatic heterocycles. The highest BCUT2D eigenvalue weighted by Gasteiger charge is 2.38. The van der Waals surface area contributed by atoms with E-state index in [1.54, 1.807) is 6.07 Å². The van der Waals surface area contributed by atoms with Gasteiger partial charge in [-0.2, -0.15) is 0 Å². The van der Waals surface area contributed by atoms with Crippen LogP contribution in [0, 0.1) is 5.82 Å². The maximum absolute atomic E-state index is 13.4. The number of hydrogen-bond donors (Lipinski definition) is 1. The number of rotatable bonds is 1. The molecule has 4 rings (SSSR count). The number of pyridine rings is 1. The minimum absolute atomic E-state index is 0.200. The van der Waals surface area contributed by atoms with Crippen molar-refractivity contribution >= 4 is 10.8 Å². The smallest absolute Gasteiger partial charge is 0.123 e. The van der Waals surface area contributed by atoms with Crippen molar-refractivity contribution in [1.29, 1.82) is 0 Å². The summed E-state index contributed by atoms with van der Waals surface area (Å²) < 4.78 is 13.4. The fourth-order valence-electron chi connectivity index (χ4n) is 3.42. The second-order valence-electron chi connectivity index (χ2n) is 5.68. The molecular weight excluding hydrogens is 263 g/mol. The first-order valence-corrected chi connectivity index (χ1v) is 7.09. The van der Waals surface area contributed by atoms with E-state index in [2.05, 4.69) is 11.1 Å². The molecule has 0 amide bonds. The fourth-order valence-corrected chi connectivity index (χ4v) is 3.42. The van der Waals surface area contributed by atoms with Crippen LogP contribution in [0.1, 0.15) is 23.1 Å². The van der Waals surface area contributed by atoms with Crippen LogP contribution in [-0.2, 0) is 12.0 Å². The molecule has 104 valence electrons. The number of aromatic nitrogens is 1. The SMILES string of the molecule is NC1(c2cncc3ccccc23)CCc2cc(F)ccc21. The van der Waals surface area contributed by atoms with E-state index in [1.165, 1.54) is 6.07 Å². The van der Waals surface area contributed by atoms with Crippen molar-refractivity contribution in [3.63, 3.8) is 0 Å². The third-order valence-corrected chi connectivity index (χ3v) is 4.49. The molecule has 1 aliphatic rings. The average molecular weight is 278 g/mol. The molecule has 0 radical (unpaired) electrons. The van der Waals surface area contributed by atoms with E-state index < -0.39 is 5.54 Å². The van der Waals surface area contributed by atoms with Crippen molar-refractivity contribution in [2.24, 2.45) is 5.73 Å². The Hall–Kier alpha value is -2.26. The summed E-state index contributed by atoms with van der Waals surface area (Å²) in [5, 5.41) is 2.20. The van der Waals surface area contributed by atoms with E-state index in [9.17, 15) is 4.39 Å². The topological polar surface area (TPSA) is 38.9 Å². The Balaban J connectivity index is 1.98. The minimum atomic E-state index is -0.586. The van der Waals surface area contributed by atoms with Crippen LogP contribution in [0.4, 0.5) is 4.39 Å². The van der Waals surface area contributed by atoms with Crippen LogP contribution in [0.25, 0.3) is 10.8 Å². The molecule has 2 N–H and O–H groups in total. The molecule has 1 aliphatic carbocycles. The number of fused-ring (bicyclic) bond motifs is 2.